The minimum atomic E-state index is -0.400. The van der Waals surface area contributed by atoms with Crippen molar-refractivity contribution in [3.05, 3.63) is 45.7 Å². The summed E-state index contributed by atoms with van der Waals surface area (Å²) in [6.45, 7) is 3.97. The van der Waals surface area contributed by atoms with Crippen LogP contribution in [0.3, 0.4) is 0 Å². The second kappa shape index (κ2) is 5.47. The van der Waals surface area contributed by atoms with Gasteiger partial charge < -0.3 is 9.73 Å². The maximum absolute atomic E-state index is 10.8. The Hall–Kier alpha value is -2.44. The smallest absolute Gasteiger partial charge is 0.274 e. The Labute approximate surface area is 109 Å². The average Bonchev–Trinajstić information content (AvgIpc) is 2.85. The predicted molar refractivity (Wildman–Crippen MR) is 68.8 cm³/mol. The summed E-state index contributed by atoms with van der Waals surface area (Å²) in [5, 5.41) is 21.6. The number of nitro benzene ring substituents is 1. The van der Waals surface area contributed by atoms with Gasteiger partial charge in [0.2, 0.25) is 11.8 Å². The summed E-state index contributed by atoms with van der Waals surface area (Å²) in [6.07, 6.45) is 0.683. The third kappa shape index (κ3) is 2.87. The highest BCUT2D eigenvalue weighted by Gasteiger charge is 2.13. The largest absolute Gasteiger partial charge is 0.423 e. The molecule has 0 atom stereocenters. The number of nitrogens with one attached hydrogen (secondary N) is 1. The van der Waals surface area contributed by atoms with E-state index in [1.165, 1.54) is 6.07 Å². The fourth-order valence-corrected chi connectivity index (χ4v) is 1.69. The standard InChI is InChI=1S/C12H14N4O3/c1-3-11-14-15-12(19-11)7-13-9-5-4-6-10(8(9)2)16(17)18/h4-6,13H,3,7H2,1-2H3. The molecule has 1 aromatic heterocycles. The molecule has 1 N–H and O–H groups in total. The van der Waals surface area contributed by atoms with Crippen LogP contribution in [-0.4, -0.2) is 15.1 Å². The zero-order valence-electron chi connectivity index (χ0n) is 10.7. The van der Waals surface area contributed by atoms with Crippen LogP contribution < -0.4 is 5.32 Å². The van der Waals surface area contributed by atoms with Crippen molar-refractivity contribution in [2.45, 2.75) is 26.8 Å². The maximum Gasteiger partial charge on any atom is 0.274 e. The van der Waals surface area contributed by atoms with Crippen molar-refractivity contribution >= 4 is 11.4 Å². The number of aromatic nitrogens is 2. The molecule has 0 aliphatic rings. The Morgan fingerprint density at radius 3 is 2.74 bits per heavy atom. The fraction of sp³-hybridized carbons (Fsp3) is 0.333. The lowest BCUT2D eigenvalue weighted by Gasteiger charge is -2.07. The number of rotatable bonds is 5. The van der Waals surface area contributed by atoms with E-state index in [2.05, 4.69) is 15.5 Å². The minimum Gasteiger partial charge on any atom is -0.423 e. The third-order valence-corrected chi connectivity index (χ3v) is 2.74. The van der Waals surface area contributed by atoms with Crippen molar-refractivity contribution in [3.8, 4) is 0 Å². The lowest BCUT2D eigenvalue weighted by atomic mass is 10.1. The molecule has 0 fully saturated rings. The normalized spacial score (nSPS) is 10.4. The van der Waals surface area contributed by atoms with Gasteiger partial charge in [0.25, 0.3) is 5.69 Å². The topological polar surface area (TPSA) is 94.1 Å². The van der Waals surface area contributed by atoms with Gasteiger partial charge in [-0.25, -0.2) is 0 Å². The average molecular weight is 262 g/mol. The van der Waals surface area contributed by atoms with Gasteiger partial charge in [0.15, 0.2) is 0 Å². The van der Waals surface area contributed by atoms with Gasteiger partial charge in [0.1, 0.15) is 0 Å². The van der Waals surface area contributed by atoms with Gasteiger partial charge in [-0.3, -0.25) is 10.1 Å². The van der Waals surface area contributed by atoms with Crippen LogP contribution in [-0.2, 0) is 13.0 Å². The molecule has 0 aliphatic carbocycles. The van der Waals surface area contributed by atoms with E-state index in [1.54, 1.807) is 19.1 Å². The van der Waals surface area contributed by atoms with Crippen molar-refractivity contribution in [2.75, 3.05) is 5.32 Å². The minimum absolute atomic E-state index is 0.0878. The van der Waals surface area contributed by atoms with E-state index in [1.807, 2.05) is 6.92 Å². The van der Waals surface area contributed by atoms with E-state index in [-0.39, 0.29) is 5.69 Å². The van der Waals surface area contributed by atoms with E-state index in [9.17, 15) is 10.1 Å². The van der Waals surface area contributed by atoms with Crippen LogP contribution >= 0.6 is 0 Å². The molecule has 0 amide bonds. The molecule has 1 heterocycles. The van der Waals surface area contributed by atoms with Crippen LogP contribution in [0.1, 0.15) is 24.3 Å². The van der Waals surface area contributed by atoms with E-state index in [4.69, 9.17) is 4.42 Å². The number of nitro groups is 1. The van der Waals surface area contributed by atoms with Gasteiger partial charge in [-0.15, -0.1) is 10.2 Å². The van der Waals surface area contributed by atoms with Crippen LogP contribution in [0.4, 0.5) is 11.4 Å². The van der Waals surface area contributed by atoms with E-state index >= 15 is 0 Å². The summed E-state index contributed by atoms with van der Waals surface area (Å²) in [5.74, 6) is 1.04. The maximum atomic E-state index is 10.8. The summed E-state index contributed by atoms with van der Waals surface area (Å²) in [6, 6.07) is 4.89. The number of benzene rings is 1. The molecule has 7 nitrogen and oxygen atoms in total. The van der Waals surface area contributed by atoms with E-state index in [0.29, 0.717) is 36.0 Å². The first-order valence-electron chi connectivity index (χ1n) is 5.91. The van der Waals surface area contributed by atoms with Crippen molar-refractivity contribution < 1.29 is 9.34 Å². The van der Waals surface area contributed by atoms with E-state index in [0.717, 1.165) is 0 Å². The molecule has 0 saturated carbocycles. The third-order valence-electron chi connectivity index (χ3n) is 2.74. The monoisotopic (exact) mass is 262 g/mol. The van der Waals surface area contributed by atoms with Crippen LogP contribution in [0.25, 0.3) is 0 Å². The molecule has 0 aliphatic heterocycles. The Kier molecular flexibility index (Phi) is 3.74. The molecule has 19 heavy (non-hydrogen) atoms. The zero-order chi connectivity index (χ0) is 13.8. The first-order valence-corrected chi connectivity index (χ1v) is 5.91. The highest BCUT2D eigenvalue weighted by molar-refractivity contribution is 5.59. The van der Waals surface area contributed by atoms with Gasteiger partial charge in [-0.2, -0.15) is 0 Å². The van der Waals surface area contributed by atoms with Gasteiger partial charge in [0.05, 0.1) is 11.5 Å². The van der Waals surface area contributed by atoms with Crippen LogP contribution in [0.2, 0.25) is 0 Å². The molecular formula is C12H14N4O3. The highest BCUT2D eigenvalue weighted by atomic mass is 16.6. The Bertz CT molecular complexity index is 594. The second-order valence-electron chi connectivity index (χ2n) is 4.00. The number of aryl methyl sites for hydroxylation is 1. The van der Waals surface area contributed by atoms with Crippen LogP contribution in [0, 0.1) is 17.0 Å². The molecule has 0 radical (unpaired) electrons. The molecule has 0 unspecified atom stereocenters. The van der Waals surface area contributed by atoms with Gasteiger partial charge >= 0.3 is 0 Å². The molecule has 1 aromatic carbocycles. The molecule has 2 rings (SSSR count). The van der Waals surface area contributed by atoms with Crippen molar-refractivity contribution in [1.82, 2.24) is 10.2 Å². The SMILES string of the molecule is CCc1nnc(CNc2cccc([N+](=O)[O-])c2C)o1. The Morgan fingerprint density at radius 1 is 1.37 bits per heavy atom. The van der Waals surface area contributed by atoms with Crippen molar-refractivity contribution in [1.29, 1.82) is 0 Å². The number of nitrogens with zero attached hydrogens (tertiary/aromatic N) is 3. The van der Waals surface area contributed by atoms with Gasteiger partial charge in [-0.05, 0) is 13.0 Å². The fourth-order valence-electron chi connectivity index (χ4n) is 1.69. The highest BCUT2D eigenvalue weighted by Crippen LogP contribution is 2.25. The summed E-state index contributed by atoms with van der Waals surface area (Å²) < 4.78 is 5.35. The molecule has 7 heteroatoms. The van der Waals surface area contributed by atoms with Gasteiger partial charge in [0, 0.05) is 23.7 Å². The first kappa shape index (κ1) is 13.0. The summed E-state index contributed by atoms with van der Waals surface area (Å²) in [5.41, 5.74) is 1.36. The molecule has 0 saturated heterocycles. The lowest BCUT2D eigenvalue weighted by molar-refractivity contribution is -0.385. The molecule has 2 aromatic rings. The number of hydrogen-bond donors (Lipinski definition) is 1. The summed E-state index contributed by atoms with van der Waals surface area (Å²) in [7, 11) is 0. The second-order valence-corrected chi connectivity index (χ2v) is 4.00. The predicted octanol–water partition coefficient (Wildman–Crippen LogP) is 2.46. The van der Waals surface area contributed by atoms with E-state index < -0.39 is 4.92 Å². The lowest BCUT2D eigenvalue weighted by Crippen LogP contribution is -2.03. The zero-order valence-corrected chi connectivity index (χ0v) is 10.7. The molecular weight excluding hydrogens is 248 g/mol. The number of anilines is 1. The van der Waals surface area contributed by atoms with Crippen molar-refractivity contribution in [3.63, 3.8) is 0 Å². The van der Waals surface area contributed by atoms with Crippen LogP contribution in [0.5, 0.6) is 0 Å². The Balaban J connectivity index is 2.11. The first-order chi connectivity index (χ1) is 9.11. The summed E-state index contributed by atoms with van der Waals surface area (Å²) >= 11 is 0. The number of hydrogen-bond acceptors (Lipinski definition) is 6. The van der Waals surface area contributed by atoms with Crippen molar-refractivity contribution in [2.24, 2.45) is 0 Å². The Morgan fingerprint density at radius 2 is 2.11 bits per heavy atom. The molecule has 0 spiro atoms. The van der Waals surface area contributed by atoms with Gasteiger partial charge in [-0.1, -0.05) is 13.0 Å². The summed E-state index contributed by atoms with van der Waals surface area (Å²) in [4.78, 5) is 10.4. The molecule has 100 valence electrons. The van der Waals surface area contributed by atoms with Crippen LogP contribution in [0.15, 0.2) is 22.6 Å². The molecule has 0 bridgehead atoms. The quantitative estimate of drug-likeness (QED) is 0.657.